The normalized spacial score (nSPS) is 17.5. The Morgan fingerprint density at radius 3 is 2.93 bits per heavy atom. The van der Waals surface area contributed by atoms with E-state index < -0.39 is 0 Å². The SMILES string of the molecule is c1cc(Cn2ccnc2C2CCCN(c3ncnc4[nH]ccc34)C2)ccn1. The number of hydrogen-bond donors (Lipinski definition) is 1. The molecule has 4 aromatic rings. The minimum Gasteiger partial charge on any atom is -0.355 e. The lowest BCUT2D eigenvalue weighted by molar-refractivity contribution is 0.475. The highest BCUT2D eigenvalue weighted by Gasteiger charge is 2.26. The molecule has 0 bridgehead atoms. The van der Waals surface area contributed by atoms with E-state index in [1.165, 1.54) is 5.56 Å². The van der Waals surface area contributed by atoms with Gasteiger partial charge in [-0.2, -0.15) is 0 Å². The maximum absolute atomic E-state index is 4.70. The number of H-pyrrole nitrogens is 1. The maximum atomic E-state index is 4.70. The third-order valence-corrected chi connectivity index (χ3v) is 5.27. The number of rotatable bonds is 4. The number of aromatic amines is 1. The molecule has 5 heterocycles. The highest BCUT2D eigenvalue weighted by atomic mass is 15.2. The predicted octanol–water partition coefficient (Wildman–Crippen LogP) is 2.98. The van der Waals surface area contributed by atoms with Crippen LogP contribution >= 0.6 is 0 Å². The Morgan fingerprint density at radius 1 is 1.07 bits per heavy atom. The number of fused-ring (bicyclic) bond motifs is 1. The van der Waals surface area contributed by atoms with E-state index in [-0.39, 0.29) is 0 Å². The van der Waals surface area contributed by atoms with Crippen molar-refractivity contribution in [2.24, 2.45) is 0 Å². The van der Waals surface area contributed by atoms with Gasteiger partial charge in [-0.05, 0) is 36.6 Å². The van der Waals surface area contributed by atoms with E-state index >= 15 is 0 Å². The van der Waals surface area contributed by atoms with Crippen LogP contribution in [-0.4, -0.2) is 42.6 Å². The zero-order valence-corrected chi connectivity index (χ0v) is 15.0. The summed E-state index contributed by atoms with van der Waals surface area (Å²) in [6.07, 6.45) is 13.5. The second-order valence-corrected chi connectivity index (χ2v) is 6.99. The molecule has 27 heavy (non-hydrogen) atoms. The predicted molar refractivity (Wildman–Crippen MR) is 104 cm³/mol. The van der Waals surface area contributed by atoms with Crippen LogP contribution in [0.2, 0.25) is 0 Å². The van der Waals surface area contributed by atoms with Crippen molar-refractivity contribution in [2.75, 3.05) is 18.0 Å². The number of aromatic nitrogens is 6. The topological polar surface area (TPSA) is 75.5 Å². The standard InChI is InChI=1S/C20H21N7/c1-2-16(19-23-9-11-27(19)12-15-3-6-21-7-4-15)13-26(10-1)20-17-5-8-22-18(17)24-14-25-20/h3-9,11,14,16H,1-2,10,12-13H2,(H,22,24,25). The fourth-order valence-electron chi connectivity index (χ4n) is 3.99. The van der Waals surface area contributed by atoms with Gasteiger partial charge in [-0.3, -0.25) is 4.98 Å². The molecule has 0 amide bonds. The number of nitrogens with one attached hydrogen (secondary N) is 1. The number of nitrogens with zero attached hydrogens (tertiary/aromatic N) is 6. The zero-order chi connectivity index (χ0) is 18.1. The molecule has 7 nitrogen and oxygen atoms in total. The quantitative estimate of drug-likeness (QED) is 0.606. The summed E-state index contributed by atoms with van der Waals surface area (Å²) >= 11 is 0. The van der Waals surface area contributed by atoms with Crippen LogP contribution in [0.5, 0.6) is 0 Å². The van der Waals surface area contributed by atoms with E-state index in [0.29, 0.717) is 5.92 Å². The summed E-state index contributed by atoms with van der Waals surface area (Å²) in [5, 5.41) is 1.08. The molecule has 0 spiro atoms. The molecule has 5 rings (SSSR count). The van der Waals surface area contributed by atoms with E-state index in [2.05, 4.69) is 53.8 Å². The Bertz CT molecular complexity index is 1040. The molecule has 136 valence electrons. The smallest absolute Gasteiger partial charge is 0.142 e. The number of hydrogen-bond acceptors (Lipinski definition) is 5. The summed E-state index contributed by atoms with van der Waals surface area (Å²) < 4.78 is 2.26. The van der Waals surface area contributed by atoms with Crippen LogP contribution < -0.4 is 4.90 Å². The second kappa shape index (κ2) is 6.83. The summed E-state index contributed by atoms with van der Waals surface area (Å²) in [5.74, 6) is 2.55. The van der Waals surface area contributed by atoms with Crippen molar-refractivity contribution in [2.45, 2.75) is 25.3 Å². The maximum Gasteiger partial charge on any atom is 0.142 e. The highest BCUT2D eigenvalue weighted by molar-refractivity contribution is 5.87. The monoisotopic (exact) mass is 359 g/mol. The lowest BCUT2D eigenvalue weighted by Crippen LogP contribution is -2.36. The van der Waals surface area contributed by atoms with Gasteiger partial charge in [0.25, 0.3) is 0 Å². The van der Waals surface area contributed by atoms with Crippen LogP contribution in [0.4, 0.5) is 5.82 Å². The van der Waals surface area contributed by atoms with Gasteiger partial charge in [0, 0.05) is 56.5 Å². The molecule has 1 aliphatic rings. The van der Waals surface area contributed by atoms with Crippen molar-refractivity contribution in [3.8, 4) is 0 Å². The first-order chi connectivity index (χ1) is 13.4. The summed E-state index contributed by atoms with van der Waals surface area (Å²) in [6.45, 7) is 2.76. The molecular weight excluding hydrogens is 338 g/mol. The minimum absolute atomic E-state index is 0.388. The van der Waals surface area contributed by atoms with Gasteiger partial charge in [-0.25, -0.2) is 15.0 Å². The first kappa shape index (κ1) is 16.0. The Hall–Kier alpha value is -3.22. The van der Waals surface area contributed by atoms with Crippen LogP contribution in [-0.2, 0) is 6.54 Å². The summed E-state index contributed by atoms with van der Waals surface area (Å²) in [6, 6.07) is 6.17. The summed E-state index contributed by atoms with van der Waals surface area (Å²) in [7, 11) is 0. The summed E-state index contributed by atoms with van der Waals surface area (Å²) in [5.41, 5.74) is 2.13. The molecule has 1 saturated heterocycles. The zero-order valence-electron chi connectivity index (χ0n) is 15.0. The van der Waals surface area contributed by atoms with E-state index in [1.54, 1.807) is 6.33 Å². The van der Waals surface area contributed by atoms with Gasteiger partial charge < -0.3 is 14.5 Å². The molecule has 0 aliphatic carbocycles. The molecule has 4 aromatic heterocycles. The minimum atomic E-state index is 0.388. The van der Waals surface area contributed by atoms with E-state index in [1.807, 2.05) is 24.8 Å². The lowest BCUT2D eigenvalue weighted by Gasteiger charge is -2.33. The van der Waals surface area contributed by atoms with Gasteiger partial charge in [0.2, 0.25) is 0 Å². The molecule has 0 radical (unpaired) electrons. The first-order valence-corrected chi connectivity index (χ1v) is 9.31. The first-order valence-electron chi connectivity index (χ1n) is 9.31. The largest absolute Gasteiger partial charge is 0.355 e. The average molecular weight is 359 g/mol. The average Bonchev–Trinajstić information content (AvgIpc) is 3.38. The molecule has 1 aliphatic heterocycles. The van der Waals surface area contributed by atoms with Crippen LogP contribution in [0.25, 0.3) is 11.0 Å². The third kappa shape index (κ3) is 3.05. The van der Waals surface area contributed by atoms with Gasteiger partial charge in [0.05, 0.1) is 5.39 Å². The fourth-order valence-corrected chi connectivity index (χ4v) is 3.99. The van der Waals surface area contributed by atoms with E-state index in [0.717, 1.165) is 55.2 Å². The Balaban J connectivity index is 1.41. The van der Waals surface area contributed by atoms with E-state index in [9.17, 15) is 0 Å². The van der Waals surface area contributed by atoms with Crippen molar-refractivity contribution in [1.82, 2.24) is 29.5 Å². The molecule has 0 saturated carbocycles. The molecule has 1 unspecified atom stereocenters. The van der Waals surface area contributed by atoms with Crippen LogP contribution in [0, 0.1) is 0 Å². The molecule has 1 atom stereocenters. The van der Waals surface area contributed by atoms with Gasteiger partial charge >= 0.3 is 0 Å². The number of imidazole rings is 1. The fraction of sp³-hybridized carbons (Fsp3) is 0.300. The number of anilines is 1. The molecule has 7 heteroatoms. The third-order valence-electron chi connectivity index (χ3n) is 5.27. The van der Waals surface area contributed by atoms with Crippen molar-refractivity contribution in [1.29, 1.82) is 0 Å². The summed E-state index contributed by atoms with van der Waals surface area (Å²) in [4.78, 5) is 23.2. The lowest BCUT2D eigenvalue weighted by atomic mass is 9.97. The van der Waals surface area contributed by atoms with Crippen molar-refractivity contribution in [3.63, 3.8) is 0 Å². The second-order valence-electron chi connectivity index (χ2n) is 6.99. The van der Waals surface area contributed by atoms with Crippen LogP contribution in [0.15, 0.2) is 55.5 Å². The van der Waals surface area contributed by atoms with Gasteiger partial charge in [-0.1, -0.05) is 0 Å². The van der Waals surface area contributed by atoms with Crippen LogP contribution in [0.1, 0.15) is 30.1 Å². The molecule has 1 fully saturated rings. The van der Waals surface area contributed by atoms with Gasteiger partial charge in [-0.15, -0.1) is 0 Å². The van der Waals surface area contributed by atoms with Crippen molar-refractivity contribution < 1.29 is 0 Å². The molecular formula is C20H21N7. The molecule has 1 N–H and O–H groups in total. The Morgan fingerprint density at radius 2 is 2.00 bits per heavy atom. The van der Waals surface area contributed by atoms with E-state index in [4.69, 9.17) is 4.98 Å². The van der Waals surface area contributed by atoms with Gasteiger partial charge in [0.15, 0.2) is 0 Å². The van der Waals surface area contributed by atoms with Crippen molar-refractivity contribution in [3.05, 3.63) is 66.9 Å². The van der Waals surface area contributed by atoms with Gasteiger partial charge in [0.1, 0.15) is 23.6 Å². The highest BCUT2D eigenvalue weighted by Crippen LogP contribution is 2.31. The molecule has 0 aromatic carbocycles. The Kier molecular flexibility index (Phi) is 4.04. The number of piperidine rings is 1. The number of pyridine rings is 1. The Labute approximate surface area is 157 Å². The van der Waals surface area contributed by atoms with Crippen LogP contribution in [0.3, 0.4) is 0 Å². The van der Waals surface area contributed by atoms with Crippen molar-refractivity contribution >= 4 is 16.9 Å².